The molecule has 1 aliphatic rings. The molecule has 148 valence electrons. The number of halogens is 1. The highest BCUT2D eigenvalue weighted by molar-refractivity contribution is 5.88. The molecule has 1 saturated heterocycles. The highest BCUT2D eigenvalue weighted by atomic mass is 35.5. The molecule has 1 fully saturated rings. The van der Waals surface area contributed by atoms with Crippen molar-refractivity contribution in [2.24, 2.45) is 0 Å². The summed E-state index contributed by atoms with van der Waals surface area (Å²) in [6.07, 6.45) is 1.32. The van der Waals surface area contributed by atoms with E-state index in [1.54, 1.807) is 0 Å². The molecule has 0 radical (unpaired) electrons. The van der Waals surface area contributed by atoms with Crippen LogP contribution in [0.15, 0.2) is 66.9 Å². The number of aliphatic hydroxyl groups is 1. The van der Waals surface area contributed by atoms with Crippen molar-refractivity contribution in [2.45, 2.75) is 6.10 Å². The predicted molar refractivity (Wildman–Crippen MR) is 116 cm³/mol. The summed E-state index contributed by atoms with van der Waals surface area (Å²) in [5, 5.41) is 12.7. The number of β-amino-alcohol motifs (C(OH)–C–C–N with tert-alkyl or cyclic N) is 1. The fourth-order valence-electron chi connectivity index (χ4n) is 3.56. The lowest BCUT2D eigenvalue weighted by Crippen LogP contribution is -2.49. The van der Waals surface area contributed by atoms with Gasteiger partial charge in [-0.25, -0.2) is 4.98 Å². The van der Waals surface area contributed by atoms with Crippen molar-refractivity contribution in [2.75, 3.05) is 44.2 Å². The van der Waals surface area contributed by atoms with Crippen LogP contribution in [-0.4, -0.2) is 60.4 Å². The lowest BCUT2D eigenvalue weighted by molar-refractivity contribution is 0.0668. The zero-order valence-electron chi connectivity index (χ0n) is 15.8. The molecule has 2 aromatic carbocycles. The maximum absolute atomic E-state index is 10.4. The van der Waals surface area contributed by atoms with E-state index in [2.05, 4.69) is 26.9 Å². The highest BCUT2D eigenvalue weighted by Crippen LogP contribution is 2.25. The summed E-state index contributed by atoms with van der Waals surface area (Å²) in [4.78, 5) is 8.99. The van der Waals surface area contributed by atoms with Gasteiger partial charge in [-0.2, -0.15) is 0 Å². The average Bonchev–Trinajstić information content (AvgIpc) is 2.73. The van der Waals surface area contributed by atoms with Crippen LogP contribution in [0.4, 0.5) is 5.82 Å². The average molecular weight is 400 g/mol. The Morgan fingerprint density at radius 1 is 0.929 bits per heavy atom. The second-order valence-corrected chi connectivity index (χ2v) is 6.92. The van der Waals surface area contributed by atoms with Gasteiger partial charge < -0.3 is 14.7 Å². The number of fused-ring (bicyclic) bond motifs is 1. The lowest BCUT2D eigenvalue weighted by atomic mass is 10.1. The van der Waals surface area contributed by atoms with Crippen LogP contribution >= 0.6 is 12.4 Å². The molecule has 0 amide bonds. The van der Waals surface area contributed by atoms with Crippen molar-refractivity contribution in [3.05, 3.63) is 66.9 Å². The van der Waals surface area contributed by atoms with Crippen LogP contribution in [0.3, 0.4) is 0 Å². The van der Waals surface area contributed by atoms with E-state index in [1.807, 2.05) is 54.7 Å². The number of hydrogen-bond donors (Lipinski definition) is 1. The fraction of sp³-hybridized carbons (Fsp3) is 0.318. The number of hydrogen-bond acceptors (Lipinski definition) is 5. The standard InChI is InChI=1S/C22H25N3O2.ClH/c26-19(17-27-21-9-5-7-18-6-1-2-8-20(18)21)16-24-12-14-25(15-13-24)22-10-3-4-11-23-22;/h1-11,19,26H,12-17H2;1H. The summed E-state index contributed by atoms with van der Waals surface area (Å²) in [5.74, 6) is 1.85. The predicted octanol–water partition coefficient (Wildman–Crippen LogP) is 3.22. The molecule has 1 atom stereocenters. The minimum absolute atomic E-state index is 0. The Kier molecular flexibility index (Phi) is 7.09. The van der Waals surface area contributed by atoms with Gasteiger partial charge in [-0.15, -0.1) is 12.4 Å². The van der Waals surface area contributed by atoms with E-state index >= 15 is 0 Å². The van der Waals surface area contributed by atoms with Crippen molar-refractivity contribution in [1.82, 2.24) is 9.88 Å². The van der Waals surface area contributed by atoms with Crippen LogP contribution in [0.25, 0.3) is 10.8 Å². The first-order chi connectivity index (χ1) is 13.3. The second kappa shape index (κ2) is 9.73. The van der Waals surface area contributed by atoms with Gasteiger partial charge in [0.15, 0.2) is 0 Å². The molecule has 1 unspecified atom stereocenters. The van der Waals surface area contributed by atoms with Gasteiger partial charge >= 0.3 is 0 Å². The summed E-state index contributed by atoms with van der Waals surface area (Å²) >= 11 is 0. The molecule has 0 saturated carbocycles. The summed E-state index contributed by atoms with van der Waals surface area (Å²) in [6, 6.07) is 20.2. The Bertz CT molecular complexity index is 865. The van der Waals surface area contributed by atoms with Crippen molar-refractivity contribution in [1.29, 1.82) is 0 Å². The zero-order valence-corrected chi connectivity index (χ0v) is 16.6. The molecule has 28 heavy (non-hydrogen) atoms. The van der Waals surface area contributed by atoms with Gasteiger partial charge in [0.05, 0.1) is 0 Å². The Hall–Kier alpha value is -2.34. The number of benzene rings is 2. The topological polar surface area (TPSA) is 48.8 Å². The second-order valence-electron chi connectivity index (χ2n) is 6.92. The van der Waals surface area contributed by atoms with Gasteiger partial charge in [0.2, 0.25) is 0 Å². The summed E-state index contributed by atoms with van der Waals surface area (Å²) in [6.45, 7) is 4.61. The van der Waals surface area contributed by atoms with Gasteiger partial charge in [0.25, 0.3) is 0 Å². The highest BCUT2D eigenvalue weighted by Gasteiger charge is 2.20. The van der Waals surface area contributed by atoms with Crippen LogP contribution in [0, 0.1) is 0 Å². The minimum atomic E-state index is -0.509. The molecular weight excluding hydrogens is 374 g/mol. The van der Waals surface area contributed by atoms with Crippen LogP contribution in [0.2, 0.25) is 0 Å². The third-order valence-electron chi connectivity index (χ3n) is 5.00. The van der Waals surface area contributed by atoms with Gasteiger partial charge in [-0.3, -0.25) is 4.90 Å². The Balaban J connectivity index is 0.00000225. The van der Waals surface area contributed by atoms with Crippen LogP contribution in [0.1, 0.15) is 0 Å². The molecule has 1 N–H and O–H groups in total. The van der Waals surface area contributed by atoms with E-state index in [0.29, 0.717) is 13.2 Å². The van der Waals surface area contributed by atoms with Gasteiger partial charge in [-0.1, -0.05) is 42.5 Å². The number of rotatable bonds is 6. The molecule has 1 aliphatic heterocycles. The SMILES string of the molecule is Cl.OC(COc1cccc2ccccc12)CN1CCN(c2ccccn2)CC1. The zero-order chi connectivity index (χ0) is 18.5. The fourth-order valence-corrected chi connectivity index (χ4v) is 3.56. The number of piperazine rings is 1. The normalized spacial score (nSPS) is 15.8. The van der Waals surface area contributed by atoms with Crippen molar-refractivity contribution in [3.8, 4) is 5.75 Å². The van der Waals surface area contributed by atoms with Crippen molar-refractivity contribution >= 4 is 29.0 Å². The molecule has 0 spiro atoms. The molecule has 3 aromatic rings. The van der Waals surface area contributed by atoms with E-state index in [1.165, 1.54) is 0 Å². The minimum Gasteiger partial charge on any atom is -0.490 e. The van der Waals surface area contributed by atoms with Crippen LogP contribution in [0.5, 0.6) is 5.75 Å². The Morgan fingerprint density at radius 2 is 1.68 bits per heavy atom. The van der Waals surface area contributed by atoms with E-state index in [9.17, 15) is 5.11 Å². The molecule has 4 rings (SSSR count). The van der Waals surface area contributed by atoms with Crippen LogP contribution < -0.4 is 9.64 Å². The van der Waals surface area contributed by atoms with Gasteiger partial charge in [-0.05, 0) is 23.6 Å². The molecule has 1 aromatic heterocycles. The lowest BCUT2D eigenvalue weighted by Gasteiger charge is -2.36. The maximum atomic E-state index is 10.4. The number of anilines is 1. The first-order valence-corrected chi connectivity index (χ1v) is 9.46. The van der Waals surface area contributed by atoms with Crippen molar-refractivity contribution in [3.63, 3.8) is 0 Å². The quantitative estimate of drug-likeness (QED) is 0.689. The number of ether oxygens (including phenoxy) is 1. The summed E-state index contributed by atoms with van der Waals surface area (Å²) in [7, 11) is 0. The van der Waals surface area contributed by atoms with E-state index in [-0.39, 0.29) is 12.4 Å². The molecule has 2 heterocycles. The van der Waals surface area contributed by atoms with E-state index in [4.69, 9.17) is 4.74 Å². The largest absolute Gasteiger partial charge is 0.490 e. The molecule has 6 heteroatoms. The molecule has 0 aliphatic carbocycles. The Labute approximate surface area is 172 Å². The third-order valence-corrected chi connectivity index (χ3v) is 5.00. The number of aromatic nitrogens is 1. The number of aliphatic hydroxyl groups excluding tert-OH is 1. The summed E-state index contributed by atoms with van der Waals surface area (Å²) in [5.41, 5.74) is 0. The number of pyridine rings is 1. The van der Waals surface area contributed by atoms with E-state index < -0.39 is 6.10 Å². The smallest absolute Gasteiger partial charge is 0.128 e. The molecular formula is C22H26ClN3O2. The maximum Gasteiger partial charge on any atom is 0.128 e. The first kappa shape index (κ1) is 20.4. The van der Waals surface area contributed by atoms with Gasteiger partial charge in [0, 0.05) is 44.3 Å². The monoisotopic (exact) mass is 399 g/mol. The Morgan fingerprint density at radius 3 is 2.46 bits per heavy atom. The van der Waals surface area contributed by atoms with Crippen molar-refractivity contribution < 1.29 is 9.84 Å². The summed E-state index contributed by atoms with van der Waals surface area (Å²) < 4.78 is 5.92. The first-order valence-electron chi connectivity index (χ1n) is 9.46. The molecule has 5 nitrogen and oxygen atoms in total. The third kappa shape index (κ3) is 4.93. The van der Waals surface area contributed by atoms with Gasteiger partial charge in [0.1, 0.15) is 24.3 Å². The number of nitrogens with zero attached hydrogens (tertiary/aromatic N) is 3. The molecule has 0 bridgehead atoms. The van der Waals surface area contributed by atoms with Crippen LogP contribution in [-0.2, 0) is 0 Å². The van der Waals surface area contributed by atoms with E-state index in [0.717, 1.165) is 48.5 Å².